The standard InChI is InChI=1S/C19H12N2O4S/c1-11-13(6-7-16(20-11)12-8-9-26-10-12)19(24)25-21-17(22)14-4-2-3-5-15(14)18(21)23/h2-10H,1H3. The van der Waals surface area contributed by atoms with Crippen molar-refractivity contribution in [2.45, 2.75) is 6.92 Å². The molecule has 2 aromatic heterocycles. The summed E-state index contributed by atoms with van der Waals surface area (Å²) in [6.45, 7) is 1.68. The van der Waals surface area contributed by atoms with Crippen LogP contribution in [-0.2, 0) is 4.84 Å². The fourth-order valence-electron chi connectivity index (χ4n) is 2.73. The number of thiophene rings is 1. The molecule has 6 nitrogen and oxygen atoms in total. The second-order valence-corrected chi connectivity index (χ2v) is 6.45. The van der Waals surface area contributed by atoms with Crippen molar-refractivity contribution in [1.29, 1.82) is 0 Å². The van der Waals surface area contributed by atoms with Crippen molar-refractivity contribution < 1.29 is 19.2 Å². The van der Waals surface area contributed by atoms with Crippen molar-refractivity contribution in [2.75, 3.05) is 0 Å². The summed E-state index contributed by atoms with van der Waals surface area (Å²) in [5.74, 6) is -2.11. The van der Waals surface area contributed by atoms with E-state index >= 15 is 0 Å². The van der Waals surface area contributed by atoms with E-state index in [1.807, 2.05) is 16.8 Å². The van der Waals surface area contributed by atoms with Gasteiger partial charge in [0.15, 0.2) is 0 Å². The van der Waals surface area contributed by atoms with Crippen LogP contribution in [0.25, 0.3) is 11.3 Å². The van der Waals surface area contributed by atoms with Crippen LogP contribution in [0.2, 0.25) is 0 Å². The first-order valence-corrected chi connectivity index (χ1v) is 8.71. The summed E-state index contributed by atoms with van der Waals surface area (Å²) >= 11 is 1.55. The van der Waals surface area contributed by atoms with Gasteiger partial charge in [0.25, 0.3) is 11.8 Å². The maximum absolute atomic E-state index is 12.5. The van der Waals surface area contributed by atoms with Crippen LogP contribution in [0.3, 0.4) is 0 Å². The van der Waals surface area contributed by atoms with Gasteiger partial charge in [-0.25, -0.2) is 4.79 Å². The first kappa shape index (κ1) is 16.2. The zero-order valence-electron chi connectivity index (χ0n) is 13.6. The van der Waals surface area contributed by atoms with E-state index in [9.17, 15) is 14.4 Å². The lowest BCUT2D eigenvalue weighted by Gasteiger charge is -2.13. The largest absolute Gasteiger partial charge is 0.365 e. The lowest BCUT2D eigenvalue weighted by atomic mass is 10.1. The third-order valence-electron chi connectivity index (χ3n) is 4.05. The summed E-state index contributed by atoms with van der Waals surface area (Å²) in [4.78, 5) is 46.5. The highest BCUT2D eigenvalue weighted by atomic mass is 32.1. The minimum atomic E-state index is -0.804. The molecule has 0 atom stereocenters. The van der Waals surface area contributed by atoms with Crippen LogP contribution in [0.4, 0.5) is 0 Å². The molecule has 0 fully saturated rings. The van der Waals surface area contributed by atoms with Crippen molar-refractivity contribution >= 4 is 29.1 Å². The van der Waals surface area contributed by atoms with Crippen molar-refractivity contribution in [2.24, 2.45) is 0 Å². The molecule has 0 bridgehead atoms. The third kappa shape index (κ3) is 2.58. The van der Waals surface area contributed by atoms with Gasteiger partial charge >= 0.3 is 5.97 Å². The molecule has 1 aliphatic heterocycles. The van der Waals surface area contributed by atoms with Gasteiger partial charge in [-0.2, -0.15) is 11.3 Å². The molecule has 0 radical (unpaired) electrons. The predicted octanol–water partition coefficient (Wildman–Crippen LogP) is 3.49. The molecule has 0 saturated heterocycles. The molecular formula is C19H12N2O4S. The van der Waals surface area contributed by atoms with Gasteiger partial charge in [-0.1, -0.05) is 17.2 Å². The molecule has 7 heteroatoms. The second-order valence-electron chi connectivity index (χ2n) is 5.67. The van der Waals surface area contributed by atoms with Gasteiger partial charge in [0.1, 0.15) is 0 Å². The number of carbonyl (C=O) groups is 3. The number of nitrogens with zero attached hydrogens (tertiary/aromatic N) is 2. The van der Waals surface area contributed by atoms with E-state index in [0.717, 1.165) is 11.3 Å². The number of imide groups is 1. The third-order valence-corrected chi connectivity index (χ3v) is 4.74. The molecule has 0 unspecified atom stereocenters. The van der Waals surface area contributed by atoms with Crippen LogP contribution in [0.15, 0.2) is 53.2 Å². The number of pyridine rings is 1. The van der Waals surface area contributed by atoms with E-state index in [4.69, 9.17) is 4.84 Å². The van der Waals surface area contributed by atoms with Crippen LogP contribution >= 0.6 is 11.3 Å². The number of aryl methyl sites for hydroxylation is 1. The fourth-order valence-corrected chi connectivity index (χ4v) is 3.38. The zero-order valence-corrected chi connectivity index (χ0v) is 14.4. The molecule has 0 N–H and O–H groups in total. The molecule has 0 aliphatic carbocycles. The number of fused-ring (bicyclic) bond motifs is 1. The Morgan fingerprint density at radius 3 is 2.31 bits per heavy atom. The Hall–Kier alpha value is -3.32. The maximum atomic E-state index is 12.5. The smallest absolute Gasteiger partial charge is 0.324 e. The van der Waals surface area contributed by atoms with E-state index in [-0.39, 0.29) is 16.7 Å². The summed E-state index contributed by atoms with van der Waals surface area (Å²) in [6, 6.07) is 11.5. The minimum Gasteiger partial charge on any atom is -0.324 e. The Bertz CT molecular complexity index is 1010. The van der Waals surface area contributed by atoms with Gasteiger partial charge in [-0.05, 0) is 42.6 Å². The average molecular weight is 364 g/mol. The molecule has 3 aromatic rings. The molecule has 128 valence electrons. The highest BCUT2D eigenvalue weighted by Gasteiger charge is 2.39. The Kier molecular flexibility index (Phi) is 3.85. The van der Waals surface area contributed by atoms with E-state index in [1.54, 1.807) is 42.5 Å². The lowest BCUT2D eigenvalue weighted by molar-refractivity contribution is -0.0585. The number of aromatic nitrogens is 1. The highest BCUT2D eigenvalue weighted by Crippen LogP contribution is 2.25. The van der Waals surface area contributed by atoms with E-state index in [0.29, 0.717) is 10.8 Å². The van der Waals surface area contributed by atoms with Gasteiger partial charge in [-0.3, -0.25) is 14.6 Å². The first-order chi connectivity index (χ1) is 12.6. The van der Waals surface area contributed by atoms with Gasteiger partial charge in [0, 0.05) is 10.9 Å². The molecule has 0 spiro atoms. The van der Waals surface area contributed by atoms with E-state index in [1.165, 1.54) is 12.1 Å². The Morgan fingerprint density at radius 2 is 1.73 bits per heavy atom. The highest BCUT2D eigenvalue weighted by molar-refractivity contribution is 7.08. The average Bonchev–Trinajstić information content (AvgIpc) is 3.26. The Balaban J connectivity index is 1.58. The number of rotatable bonds is 3. The molecule has 4 rings (SSSR count). The lowest BCUT2D eigenvalue weighted by Crippen LogP contribution is -2.33. The number of benzene rings is 1. The molecule has 2 amide bonds. The number of hydroxylamine groups is 2. The topological polar surface area (TPSA) is 76.6 Å². The van der Waals surface area contributed by atoms with Crippen LogP contribution in [0.5, 0.6) is 0 Å². The van der Waals surface area contributed by atoms with Gasteiger partial charge in [0.05, 0.1) is 28.1 Å². The molecule has 1 aliphatic rings. The first-order valence-electron chi connectivity index (χ1n) is 7.76. The summed E-state index contributed by atoms with van der Waals surface area (Å²) in [7, 11) is 0. The molecule has 1 aromatic carbocycles. The SMILES string of the molecule is Cc1nc(-c2ccsc2)ccc1C(=O)ON1C(=O)c2ccccc2C1=O. The van der Waals surface area contributed by atoms with E-state index < -0.39 is 17.8 Å². The van der Waals surface area contributed by atoms with Gasteiger partial charge in [0.2, 0.25) is 0 Å². The van der Waals surface area contributed by atoms with Gasteiger partial charge < -0.3 is 4.84 Å². The summed E-state index contributed by atoms with van der Waals surface area (Å²) in [5.41, 5.74) is 2.77. The number of hydrogen-bond donors (Lipinski definition) is 0. The Morgan fingerprint density at radius 1 is 1.04 bits per heavy atom. The van der Waals surface area contributed by atoms with Crippen LogP contribution in [0.1, 0.15) is 36.8 Å². The van der Waals surface area contributed by atoms with Crippen molar-refractivity contribution in [3.05, 3.63) is 75.6 Å². The van der Waals surface area contributed by atoms with Crippen molar-refractivity contribution in [3.63, 3.8) is 0 Å². The quantitative estimate of drug-likeness (QED) is 0.665. The molecular weight excluding hydrogens is 352 g/mol. The predicted molar refractivity (Wildman–Crippen MR) is 94.6 cm³/mol. The van der Waals surface area contributed by atoms with Crippen LogP contribution in [-0.4, -0.2) is 27.8 Å². The number of hydrogen-bond acceptors (Lipinski definition) is 6. The molecule has 3 heterocycles. The minimum absolute atomic E-state index is 0.195. The molecule has 26 heavy (non-hydrogen) atoms. The summed E-state index contributed by atoms with van der Waals surface area (Å²) < 4.78 is 0. The summed E-state index contributed by atoms with van der Waals surface area (Å²) in [5, 5.41) is 4.40. The van der Waals surface area contributed by atoms with Crippen molar-refractivity contribution in [3.8, 4) is 11.3 Å². The number of carbonyl (C=O) groups excluding carboxylic acids is 3. The zero-order chi connectivity index (χ0) is 18.3. The maximum Gasteiger partial charge on any atom is 0.365 e. The number of amides is 2. The van der Waals surface area contributed by atoms with Crippen molar-refractivity contribution in [1.82, 2.24) is 10.0 Å². The molecule has 0 saturated carbocycles. The fraction of sp³-hybridized carbons (Fsp3) is 0.0526. The Labute approximate surface area is 152 Å². The van der Waals surface area contributed by atoms with Crippen LogP contribution in [0, 0.1) is 6.92 Å². The second kappa shape index (κ2) is 6.20. The summed E-state index contributed by atoms with van der Waals surface area (Å²) in [6.07, 6.45) is 0. The van der Waals surface area contributed by atoms with E-state index in [2.05, 4.69) is 4.98 Å². The monoisotopic (exact) mass is 364 g/mol. The normalized spacial score (nSPS) is 13.0. The van der Waals surface area contributed by atoms with Gasteiger partial charge in [-0.15, -0.1) is 0 Å². The van der Waals surface area contributed by atoms with Crippen LogP contribution < -0.4 is 0 Å².